The molecule has 0 bridgehead atoms. The third-order valence-corrected chi connectivity index (χ3v) is 2.53. The van der Waals surface area contributed by atoms with Crippen molar-refractivity contribution >= 4 is 17.7 Å². The van der Waals surface area contributed by atoms with Gasteiger partial charge in [-0.15, -0.1) is 11.8 Å². The summed E-state index contributed by atoms with van der Waals surface area (Å²) in [6.45, 7) is 4.10. The number of ether oxygens (including phenoxy) is 1. The lowest BCUT2D eigenvalue weighted by Crippen LogP contribution is -2.11. The summed E-state index contributed by atoms with van der Waals surface area (Å²) < 4.78 is 4.95. The summed E-state index contributed by atoms with van der Waals surface area (Å²) in [7, 11) is 0. The van der Waals surface area contributed by atoms with Crippen molar-refractivity contribution in [3.63, 3.8) is 0 Å². The summed E-state index contributed by atoms with van der Waals surface area (Å²) in [6, 6.07) is 0. The summed E-state index contributed by atoms with van der Waals surface area (Å²) in [5.41, 5.74) is 0.109. The number of esters is 1. The molecule has 1 fully saturated rings. The van der Waals surface area contributed by atoms with Gasteiger partial charge < -0.3 is 4.74 Å². The number of hydrogen-bond donors (Lipinski definition) is 0. The molecule has 1 unspecified atom stereocenters. The normalized spacial score (nSPS) is 27.0. The van der Waals surface area contributed by atoms with Gasteiger partial charge in [0.25, 0.3) is 0 Å². The number of rotatable bonds is 1. The van der Waals surface area contributed by atoms with Gasteiger partial charge in [0.2, 0.25) is 0 Å². The molecule has 0 aromatic heterocycles. The number of hydrogen-bond acceptors (Lipinski definition) is 3. The van der Waals surface area contributed by atoms with Gasteiger partial charge in [-0.2, -0.15) is 0 Å². The molecule has 1 rings (SSSR count). The van der Waals surface area contributed by atoms with E-state index in [4.69, 9.17) is 4.74 Å². The van der Waals surface area contributed by atoms with Crippen LogP contribution >= 0.6 is 11.8 Å². The maximum atomic E-state index is 10.5. The van der Waals surface area contributed by atoms with Crippen molar-refractivity contribution in [1.82, 2.24) is 0 Å². The van der Waals surface area contributed by atoms with Crippen LogP contribution in [0, 0.1) is 5.92 Å². The van der Waals surface area contributed by atoms with E-state index >= 15 is 0 Å². The van der Waals surface area contributed by atoms with Gasteiger partial charge in [0, 0.05) is 0 Å². The second kappa shape index (κ2) is 2.60. The molecule has 1 heterocycles. The van der Waals surface area contributed by atoms with Crippen molar-refractivity contribution in [2.75, 3.05) is 5.75 Å². The predicted octanol–water partition coefficient (Wildman–Crippen LogP) is 1.26. The Morgan fingerprint density at radius 3 is 2.67 bits per heavy atom. The molecule has 1 aliphatic heterocycles. The van der Waals surface area contributed by atoms with Gasteiger partial charge >= 0.3 is 5.97 Å². The van der Waals surface area contributed by atoms with Crippen LogP contribution < -0.4 is 0 Å². The van der Waals surface area contributed by atoms with Gasteiger partial charge in [-0.1, -0.05) is 13.8 Å². The average molecular weight is 146 g/mol. The van der Waals surface area contributed by atoms with E-state index < -0.39 is 0 Å². The van der Waals surface area contributed by atoms with E-state index in [0.29, 0.717) is 11.7 Å². The van der Waals surface area contributed by atoms with E-state index in [-0.39, 0.29) is 11.4 Å². The summed E-state index contributed by atoms with van der Waals surface area (Å²) in [5.74, 6) is 0.906. The average Bonchev–Trinajstić information content (AvgIpc) is 2.14. The first-order valence-corrected chi connectivity index (χ1v) is 4.06. The van der Waals surface area contributed by atoms with Crippen LogP contribution in [0.4, 0.5) is 0 Å². The lowest BCUT2D eigenvalue weighted by Gasteiger charge is -2.10. The van der Waals surface area contributed by atoms with E-state index in [1.54, 1.807) is 11.8 Å². The minimum Gasteiger partial charge on any atom is -0.450 e. The summed E-state index contributed by atoms with van der Waals surface area (Å²) in [6.07, 6.45) is 0. The molecule has 1 saturated heterocycles. The number of carbonyl (C=O) groups is 1. The molecular formula is C6H10O2S. The molecule has 0 saturated carbocycles. The van der Waals surface area contributed by atoms with Crippen LogP contribution in [-0.2, 0) is 9.53 Å². The molecule has 52 valence electrons. The first-order chi connectivity index (χ1) is 4.20. The van der Waals surface area contributed by atoms with E-state index in [1.165, 1.54) is 0 Å². The van der Waals surface area contributed by atoms with E-state index in [0.717, 1.165) is 0 Å². The Kier molecular flexibility index (Phi) is 2.01. The van der Waals surface area contributed by atoms with Crippen LogP contribution in [0.15, 0.2) is 0 Å². The highest BCUT2D eigenvalue weighted by molar-refractivity contribution is 8.00. The van der Waals surface area contributed by atoms with Crippen LogP contribution in [0.1, 0.15) is 13.8 Å². The van der Waals surface area contributed by atoms with Crippen LogP contribution in [0.2, 0.25) is 0 Å². The van der Waals surface area contributed by atoms with Crippen molar-refractivity contribution in [3.8, 4) is 0 Å². The maximum Gasteiger partial charge on any atom is 0.317 e. The molecule has 0 spiro atoms. The Bertz CT molecular complexity index is 122. The van der Waals surface area contributed by atoms with E-state index in [9.17, 15) is 4.79 Å². The molecule has 9 heavy (non-hydrogen) atoms. The zero-order valence-corrected chi connectivity index (χ0v) is 6.40. The molecule has 0 aromatic rings. The molecule has 3 heteroatoms. The van der Waals surface area contributed by atoms with Crippen molar-refractivity contribution in [3.05, 3.63) is 0 Å². The van der Waals surface area contributed by atoms with Crippen molar-refractivity contribution in [2.24, 2.45) is 5.92 Å². The molecule has 1 aliphatic rings. The topological polar surface area (TPSA) is 26.3 Å². The molecule has 0 aromatic carbocycles. The minimum atomic E-state index is -0.0706. The van der Waals surface area contributed by atoms with E-state index in [2.05, 4.69) is 13.8 Å². The summed E-state index contributed by atoms with van der Waals surface area (Å²) in [5, 5.41) is 0. The predicted molar refractivity (Wildman–Crippen MR) is 37.2 cm³/mol. The molecule has 1 atom stereocenters. The SMILES string of the molecule is CC(C)C1OC(=O)CS1. The first-order valence-electron chi connectivity index (χ1n) is 3.01. The lowest BCUT2D eigenvalue weighted by atomic mass is 10.2. The molecule has 0 aliphatic carbocycles. The molecular weight excluding hydrogens is 136 g/mol. The molecule has 0 N–H and O–H groups in total. The lowest BCUT2D eigenvalue weighted by molar-refractivity contribution is -0.141. The van der Waals surface area contributed by atoms with Crippen molar-refractivity contribution in [2.45, 2.75) is 19.3 Å². The molecule has 0 radical (unpaired) electrons. The first kappa shape index (κ1) is 6.93. The highest BCUT2D eigenvalue weighted by Crippen LogP contribution is 2.26. The standard InChI is InChI=1S/C6H10O2S/c1-4(2)6-8-5(7)3-9-6/h4,6H,3H2,1-2H3. The van der Waals surface area contributed by atoms with Crippen LogP contribution in [0.25, 0.3) is 0 Å². The monoisotopic (exact) mass is 146 g/mol. The highest BCUT2D eigenvalue weighted by Gasteiger charge is 2.26. The second-order valence-corrected chi connectivity index (χ2v) is 3.50. The van der Waals surface area contributed by atoms with E-state index in [1.807, 2.05) is 0 Å². The fourth-order valence-electron chi connectivity index (χ4n) is 0.676. The van der Waals surface area contributed by atoms with Crippen molar-refractivity contribution < 1.29 is 9.53 Å². The third kappa shape index (κ3) is 1.61. The fourth-order valence-corrected chi connectivity index (χ4v) is 1.60. The van der Waals surface area contributed by atoms with Crippen LogP contribution in [0.3, 0.4) is 0 Å². The summed E-state index contributed by atoms with van der Waals surface area (Å²) in [4.78, 5) is 10.5. The Labute approximate surface area is 59.0 Å². The highest BCUT2D eigenvalue weighted by atomic mass is 32.2. The Balaban J connectivity index is 2.39. The second-order valence-electron chi connectivity index (χ2n) is 2.41. The molecule has 0 amide bonds. The largest absolute Gasteiger partial charge is 0.450 e. The number of carbonyl (C=O) groups excluding carboxylic acids is 1. The Morgan fingerprint density at radius 1 is 1.78 bits per heavy atom. The van der Waals surface area contributed by atoms with Gasteiger partial charge in [-0.25, -0.2) is 0 Å². The van der Waals surface area contributed by atoms with Gasteiger partial charge in [0.1, 0.15) is 5.44 Å². The zero-order chi connectivity index (χ0) is 6.85. The number of cyclic esters (lactones) is 1. The molecule has 2 nitrogen and oxygen atoms in total. The van der Waals surface area contributed by atoms with Gasteiger partial charge in [0.05, 0.1) is 5.75 Å². The Hall–Kier alpha value is -0.180. The minimum absolute atomic E-state index is 0.0706. The Morgan fingerprint density at radius 2 is 2.44 bits per heavy atom. The number of thioether (sulfide) groups is 1. The van der Waals surface area contributed by atoms with Gasteiger partial charge in [-0.3, -0.25) is 4.79 Å². The van der Waals surface area contributed by atoms with Crippen molar-refractivity contribution in [1.29, 1.82) is 0 Å². The quantitative estimate of drug-likeness (QED) is 0.521. The van der Waals surface area contributed by atoms with Crippen LogP contribution in [-0.4, -0.2) is 17.2 Å². The smallest absolute Gasteiger partial charge is 0.317 e. The fraction of sp³-hybridized carbons (Fsp3) is 0.833. The maximum absolute atomic E-state index is 10.5. The van der Waals surface area contributed by atoms with Gasteiger partial charge in [-0.05, 0) is 5.92 Å². The zero-order valence-electron chi connectivity index (χ0n) is 5.59. The third-order valence-electron chi connectivity index (χ3n) is 1.16. The van der Waals surface area contributed by atoms with Gasteiger partial charge in [0.15, 0.2) is 0 Å². The summed E-state index contributed by atoms with van der Waals surface area (Å²) >= 11 is 1.59. The van der Waals surface area contributed by atoms with Crippen LogP contribution in [0.5, 0.6) is 0 Å².